The number of amides is 2. The van der Waals surface area contributed by atoms with E-state index in [1.165, 1.54) is 23.0 Å². The summed E-state index contributed by atoms with van der Waals surface area (Å²) in [6.45, 7) is -0.310. The molecule has 178 valence electrons. The highest BCUT2D eigenvalue weighted by Crippen LogP contribution is 2.33. The molecule has 0 spiro atoms. The van der Waals surface area contributed by atoms with Crippen LogP contribution < -0.4 is 10.0 Å². The molecule has 0 atom stereocenters. The van der Waals surface area contributed by atoms with Crippen LogP contribution in [0.15, 0.2) is 65.5 Å². The van der Waals surface area contributed by atoms with Crippen LogP contribution in [-0.2, 0) is 17.5 Å². The van der Waals surface area contributed by atoms with E-state index in [4.69, 9.17) is 16.3 Å². The van der Waals surface area contributed by atoms with Gasteiger partial charge in [-0.1, -0.05) is 11.6 Å². The Hall–Kier alpha value is -3.02. The number of aromatic nitrogens is 2. The molecule has 12 heteroatoms. The van der Waals surface area contributed by atoms with E-state index < -0.39 is 30.1 Å². The molecule has 34 heavy (non-hydrogen) atoms. The van der Waals surface area contributed by atoms with Gasteiger partial charge in [0.05, 0.1) is 42.9 Å². The van der Waals surface area contributed by atoms with Crippen LogP contribution in [0.3, 0.4) is 0 Å². The third-order valence-electron chi connectivity index (χ3n) is 4.88. The molecule has 1 aliphatic heterocycles. The van der Waals surface area contributed by atoms with E-state index in [9.17, 15) is 18.0 Å². The first kappa shape index (κ1) is 24.1. The van der Waals surface area contributed by atoms with Crippen molar-refractivity contribution in [2.45, 2.75) is 17.7 Å². The van der Waals surface area contributed by atoms with Crippen LogP contribution in [0.5, 0.6) is 0 Å². The molecule has 0 saturated heterocycles. The van der Waals surface area contributed by atoms with Crippen molar-refractivity contribution in [2.24, 2.45) is 0 Å². The molecule has 6 nitrogen and oxygen atoms in total. The van der Waals surface area contributed by atoms with Crippen LogP contribution in [0, 0.1) is 0 Å². The molecule has 0 aliphatic carbocycles. The Morgan fingerprint density at radius 2 is 1.82 bits per heavy atom. The molecular weight excluding hydrogens is 496 g/mol. The topological polar surface area (TPSA) is 68.2 Å². The molecular formula is C22H17ClF4N4O2S. The maximum absolute atomic E-state index is 15.1. The van der Waals surface area contributed by atoms with Crippen molar-refractivity contribution >= 4 is 35.2 Å². The lowest BCUT2D eigenvalue weighted by Gasteiger charge is -2.20. The first-order chi connectivity index (χ1) is 16.2. The fourth-order valence-electron chi connectivity index (χ4n) is 3.24. The Labute approximate surface area is 201 Å². The van der Waals surface area contributed by atoms with E-state index in [1.54, 1.807) is 24.3 Å². The van der Waals surface area contributed by atoms with Crippen LogP contribution in [0.1, 0.15) is 16.8 Å². The molecule has 1 aromatic heterocycles. The van der Waals surface area contributed by atoms with Crippen molar-refractivity contribution in [3.8, 4) is 5.69 Å². The summed E-state index contributed by atoms with van der Waals surface area (Å²) in [6, 6.07) is 10.6. The zero-order chi connectivity index (χ0) is 24.3. The van der Waals surface area contributed by atoms with Gasteiger partial charge in [-0.2, -0.15) is 18.3 Å². The zero-order valence-electron chi connectivity index (χ0n) is 17.3. The normalized spacial score (nSPS) is 15.0. The average molecular weight is 513 g/mol. The lowest BCUT2D eigenvalue weighted by Crippen LogP contribution is -2.32. The minimum absolute atomic E-state index is 0.0754. The number of benzene rings is 2. The second-order valence-electron chi connectivity index (χ2n) is 7.19. The second kappa shape index (κ2) is 10.1. The van der Waals surface area contributed by atoms with Gasteiger partial charge in [-0.25, -0.2) is 13.9 Å². The largest absolute Gasteiger partial charge is 0.416 e. The molecule has 3 aromatic rings. The Morgan fingerprint density at radius 1 is 1.12 bits per heavy atom. The Balaban J connectivity index is 1.48. The van der Waals surface area contributed by atoms with Crippen LogP contribution in [0.2, 0.25) is 5.02 Å². The molecule has 2 amide bonds. The van der Waals surface area contributed by atoms with Crippen LogP contribution in [0.25, 0.3) is 11.3 Å². The van der Waals surface area contributed by atoms with Gasteiger partial charge in [-0.15, -0.1) is 0 Å². The van der Waals surface area contributed by atoms with Gasteiger partial charge in [0.15, 0.2) is 0 Å². The predicted molar refractivity (Wildman–Crippen MR) is 120 cm³/mol. The number of nitrogens with zero attached hydrogens (tertiary/aromatic N) is 2. The first-order valence-corrected chi connectivity index (χ1v) is 11.1. The summed E-state index contributed by atoms with van der Waals surface area (Å²) in [5.74, 6) is -0.652. The highest BCUT2D eigenvalue weighted by atomic mass is 35.5. The van der Waals surface area contributed by atoms with Crippen molar-refractivity contribution in [2.75, 3.05) is 13.2 Å². The van der Waals surface area contributed by atoms with Gasteiger partial charge < -0.3 is 10.1 Å². The van der Waals surface area contributed by atoms with E-state index in [2.05, 4.69) is 15.1 Å². The third kappa shape index (κ3) is 5.54. The lowest BCUT2D eigenvalue weighted by molar-refractivity contribution is -0.137. The molecule has 2 N–H and O–H groups in total. The number of nitrogens with one attached hydrogen (secondary N) is 2. The van der Waals surface area contributed by atoms with Crippen LogP contribution in [-0.4, -0.2) is 29.0 Å². The Bertz CT molecular complexity index is 1210. The monoisotopic (exact) mass is 512 g/mol. The van der Waals surface area contributed by atoms with Gasteiger partial charge in [0.25, 0.3) is 0 Å². The highest BCUT2D eigenvalue weighted by molar-refractivity contribution is 7.98. The first-order valence-electron chi connectivity index (χ1n) is 9.89. The van der Waals surface area contributed by atoms with Gasteiger partial charge in [0.1, 0.15) is 5.83 Å². The molecule has 0 radical (unpaired) electrons. The molecule has 0 bridgehead atoms. The van der Waals surface area contributed by atoms with E-state index in [0.717, 1.165) is 29.0 Å². The summed E-state index contributed by atoms with van der Waals surface area (Å²) >= 11 is 6.86. The quantitative estimate of drug-likeness (QED) is 0.337. The lowest BCUT2D eigenvalue weighted by atomic mass is 10.1. The number of hydrogen-bond acceptors (Lipinski definition) is 4. The van der Waals surface area contributed by atoms with Gasteiger partial charge in [0.2, 0.25) is 0 Å². The van der Waals surface area contributed by atoms with E-state index in [0.29, 0.717) is 22.0 Å². The second-order valence-corrected chi connectivity index (χ2v) is 8.51. The van der Waals surface area contributed by atoms with Gasteiger partial charge in [0, 0.05) is 21.1 Å². The SMILES string of the molecule is O=C(NC/C(F)=C1\COCc2cnn(-c3ccc(C(F)(F)F)cc3)c21)NSc1ccc(Cl)cc1. The molecule has 2 aromatic carbocycles. The molecule has 2 heterocycles. The average Bonchev–Trinajstić information content (AvgIpc) is 3.26. The van der Waals surface area contributed by atoms with Gasteiger partial charge >= 0.3 is 12.2 Å². The predicted octanol–water partition coefficient (Wildman–Crippen LogP) is 5.76. The van der Waals surface area contributed by atoms with E-state index in [1.807, 2.05) is 0 Å². The highest BCUT2D eigenvalue weighted by Gasteiger charge is 2.30. The number of carbonyl (C=O) groups excluding carboxylic acids is 1. The van der Waals surface area contributed by atoms with Crippen molar-refractivity contribution in [3.63, 3.8) is 0 Å². The minimum Gasteiger partial charge on any atom is -0.372 e. The molecule has 0 fully saturated rings. The third-order valence-corrected chi connectivity index (χ3v) is 5.93. The van der Waals surface area contributed by atoms with Gasteiger partial charge in [-0.3, -0.25) is 4.72 Å². The Kier molecular flexibility index (Phi) is 7.15. The van der Waals surface area contributed by atoms with Crippen LogP contribution >= 0.6 is 23.5 Å². The molecule has 0 saturated carbocycles. The smallest absolute Gasteiger partial charge is 0.372 e. The maximum Gasteiger partial charge on any atom is 0.416 e. The summed E-state index contributed by atoms with van der Waals surface area (Å²) in [5.41, 5.74) is 0.672. The maximum atomic E-state index is 15.1. The van der Waals surface area contributed by atoms with E-state index >= 15 is 4.39 Å². The number of hydrogen-bond donors (Lipinski definition) is 2. The molecule has 4 rings (SSSR count). The molecule has 0 unspecified atom stereocenters. The van der Waals surface area contributed by atoms with Crippen molar-refractivity contribution < 1.29 is 27.1 Å². The number of carbonyl (C=O) groups is 1. The standard InChI is InChI=1S/C22H17ClF4N4O2S/c23-15-3-7-17(8-4-15)34-30-21(32)28-10-19(24)18-12-33-11-13-9-29-31(20(13)18)16-5-1-14(2-6-16)22(25,26)27/h1-9H,10-12H2,(H2,28,30,32)/b19-18-. The van der Waals surface area contributed by atoms with Crippen LogP contribution in [0.4, 0.5) is 22.4 Å². The van der Waals surface area contributed by atoms with Gasteiger partial charge in [-0.05, 0) is 60.5 Å². The summed E-state index contributed by atoms with van der Waals surface area (Å²) < 4.78 is 63.0. The van der Waals surface area contributed by atoms with Crippen molar-refractivity contribution in [3.05, 3.63) is 82.4 Å². The van der Waals surface area contributed by atoms with E-state index in [-0.39, 0.29) is 18.8 Å². The minimum atomic E-state index is -4.47. The number of fused-ring (bicyclic) bond motifs is 1. The number of ether oxygens (including phenoxy) is 1. The van der Waals surface area contributed by atoms with Crippen molar-refractivity contribution in [1.29, 1.82) is 0 Å². The fraction of sp³-hybridized carbons (Fsp3) is 0.182. The zero-order valence-corrected chi connectivity index (χ0v) is 18.9. The number of halogens is 5. The molecule has 1 aliphatic rings. The summed E-state index contributed by atoms with van der Waals surface area (Å²) in [4.78, 5) is 12.8. The summed E-state index contributed by atoms with van der Waals surface area (Å²) in [5, 5.41) is 7.19. The summed E-state index contributed by atoms with van der Waals surface area (Å²) in [6.07, 6.45) is -2.99. The Morgan fingerprint density at radius 3 is 2.50 bits per heavy atom. The van der Waals surface area contributed by atoms with Crippen molar-refractivity contribution in [1.82, 2.24) is 19.8 Å². The number of rotatable bonds is 5. The number of alkyl halides is 3. The number of urea groups is 1. The summed E-state index contributed by atoms with van der Waals surface area (Å²) in [7, 11) is 0. The fourth-order valence-corrected chi connectivity index (χ4v) is 3.92.